The molecule has 8 nitrogen and oxygen atoms in total. The minimum Gasteiger partial charge on any atom is -0.383 e. The zero-order valence-corrected chi connectivity index (χ0v) is 18.0. The van der Waals surface area contributed by atoms with Gasteiger partial charge < -0.3 is 24.5 Å². The number of aromatic nitrogens is 4. The van der Waals surface area contributed by atoms with Crippen LogP contribution in [-0.2, 0) is 20.6 Å². The predicted octanol–water partition coefficient (Wildman–Crippen LogP) is 3.61. The van der Waals surface area contributed by atoms with Crippen LogP contribution in [0, 0.1) is 0 Å². The molecule has 6 rings (SSSR count). The van der Waals surface area contributed by atoms with E-state index in [0.717, 1.165) is 29.3 Å². The fourth-order valence-corrected chi connectivity index (χ4v) is 4.91. The van der Waals surface area contributed by atoms with Crippen molar-refractivity contribution in [3.05, 3.63) is 60.8 Å². The third-order valence-electron chi connectivity index (χ3n) is 6.36. The van der Waals surface area contributed by atoms with Crippen molar-refractivity contribution in [1.82, 2.24) is 19.5 Å². The van der Waals surface area contributed by atoms with Gasteiger partial charge in [-0.3, -0.25) is 4.98 Å². The van der Waals surface area contributed by atoms with Gasteiger partial charge in [0.15, 0.2) is 12.0 Å². The third kappa shape index (κ3) is 3.23. The Bertz CT molecular complexity index is 1300. The minimum atomic E-state index is -0.665. The van der Waals surface area contributed by atoms with E-state index >= 15 is 0 Å². The summed E-state index contributed by atoms with van der Waals surface area (Å²) >= 11 is 0. The van der Waals surface area contributed by atoms with Gasteiger partial charge in [0.1, 0.15) is 30.0 Å². The Balaban J connectivity index is 1.28. The number of nitrogen functional groups attached to an aromatic ring is 1. The van der Waals surface area contributed by atoms with Crippen molar-refractivity contribution >= 4 is 27.6 Å². The lowest BCUT2D eigenvalue weighted by Gasteiger charge is -2.25. The summed E-state index contributed by atoms with van der Waals surface area (Å²) in [5, 5.41) is 3.14. The van der Waals surface area contributed by atoms with Gasteiger partial charge in [-0.2, -0.15) is 0 Å². The Hall–Kier alpha value is -3.07. The van der Waals surface area contributed by atoms with Crippen molar-refractivity contribution in [1.29, 1.82) is 0 Å². The molecule has 8 heteroatoms. The molecule has 2 aliphatic rings. The zero-order valence-electron chi connectivity index (χ0n) is 18.0. The van der Waals surface area contributed by atoms with Crippen LogP contribution < -0.4 is 5.73 Å². The van der Waals surface area contributed by atoms with Gasteiger partial charge in [0.2, 0.25) is 0 Å². The minimum absolute atomic E-state index is 0.104. The summed E-state index contributed by atoms with van der Waals surface area (Å²) < 4.78 is 21.1. The molecule has 4 aromatic rings. The highest BCUT2D eigenvalue weighted by Crippen LogP contribution is 2.45. The zero-order chi connectivity index (χ0) is 21.9. The van der Waals surface area contributed by atoms with Gasteiger partial charge in [-0.05, 0) is 55.8 Å². The molecule has 2 saturated heterocycles. The molecule has 0 amide bonds. The summed E-state index contributed by atoms with van der Waals surface area (Å²) in [5.41, 5.74) is 8.01. The number of hydrogen-bond donors (Lipinski definition) is 1. The fraction of sp³-hybridized carbons (Fsp3) is 0.375. The first-order chi connectivity index (χ1) is 15.5. The molecule has 0 saturated carbocycles. The fourth-order valence-electron chi connectivity index (χ4n) is 4.91. The Morgan fingerprint density at radius 1 is 1.06 bits per heavy atom. The molecule has 2 fully saturated rings. The molecule has 1 aromatic carbocycles. The summed E-state index contributed by atoms with van der Waals surface area (Å²) in [6, 6.07) is 10.4. The Kier molecular flexibility index (Phi) is 4.43. The van der Waals surface area contributed by atoms with Crippen LogP contribution in [0.1, 0.15) is 32.1 Å². The van der Waals surface area contributed by atoms with E-state index in [0.29, 0.717) is 5.82 Å². The van der Waals surface area contributed by atoms with E-state index in [1.165, 1.54) is 17.3 Å². The van der Waals surface area contributed by atoms with Crippen LogP contribution in [0.4, 0.5) is 5.82 Å². The molecule has 0 bridgehead atoms. The molecular weight excluding hydrogens is 406 g/mol. The van der Waals surface area contributed by atoms with Gasteiger partial charge in [0.25, 0.3) is 0 Å². The van der Waals surface area contributed by atoms with E-state index in [4.69, 9.17) is 19.9 Å². The molecule has 1 unspecified atom stereocenters. The number of ether oxygens (including phenoxy) is 3. The van der Waals surface area contributed by atoms with Crippen LogP contribution in [0.25, 0.3) is 21.8 Å². The van der Waals surface area contributed by atoms with E-state index in [1.54, 1.807) is 0 Å². The Labute approximate surface area is 185 Å². The summed E-state index contributed by atoms with van der Waals surface area (Å²) in [4.78, 5) is 12.8. The van der Waals surface area contributed by atoms with Crippen LogP contribution in [0.3, 0.4) is 0 Å². The molecule has 32 heavy (non-hydrogen) atoms. The molecule has 5 heterocycles. The number of nitrogens with zero attached hydrogens (tertiary/aromatic N) is 4. The van der Waals surface area contributed by atoms with E-state index in [9.17, 15) is 0 Å². The summed E-state index contributed by atoms with van der Waals surface area (Å²) in [5.74, 6) is -0.212. The SMILES string of the molecule is CC1(C)OC2[C@@H](O1)[C@H](n1ccc3c(N)ncnc31)O[C@@H]2CCc1ccc2ccncc2c1. The number of aryl methyl sites for hydroxylation is 1. The second-order valence-electron chi connectivity index (χ2n) is 8.94. The van der Waals surface area contributed by atoms with Crippen molar-refractivity contribution in [2.24, 2.45) is 0 Å². The Morgan fingerprint density at radius 3 is 2.84 bits per heavy atom. The number of pyridine rings is 1. The average Bonchev–Trinajstić information content (AvgIpc) is 3.44. The third-order valence-corrected chi connectivity index (χ3v) is 6.36. The molecule has 0 radical (unpaired) electrons. The second kappa shape index (κ2) is 7.23. The lowest BCUT2D eigenvalue weighted by atomic mass is 10.0. The van der Waals surface area contributed by atoms with Crippen LogP contribution >= 0.6 is 0 Å². The number of benzene rings is 1. The molecule has 3 aromatic heterocycles. The van der Waals surface area contributed by atoms with Gasteiger partial charge in [0, 0.05) is 24.0 Å². The number of rotatable bonds is 4. The highest BCUT2D eigenvalue weighted by Gasteiger charge is 2.55. The highest BCUT2D eigenvalue weighted by molar-refractivity contribution is 5.86. The van der Waals surface area contributed by atoms with E-state index in [-0.39, 0.29) is 24.5 Å². The molecule has 2 aliphatic heterocycles. The van der Waals surface area contributed by atoms with Crippen LogP contribution in [0.15, 0.2) is 55.2 Å². The van der Waals surface area contributed by atoms with E-state index in [1.807, 2.05) is 49.1 Å². The molecule has 0 spiro atoms. The van der Waals surface area contributed by atoms with Gasteiger partial charge in [-0.25, -0.2) is 9.97 Å². The van der Waals surface area contributed by atoms with Crippen molar-refractivity contribution in [3.63, 3.8) is 0 Å². The lowest BCUT2D eigenvalue weighted by molar-refractivity contribution is -0.196. The van der Waals surface area contributed by atoms with Gasteiger partial charge in [-0.15, -0.1) is 0 Å². The monoisotopic (exact) mass is 431 g/mol. The largest absolute Gasteiger partial charge is 0.383 e. The number of hydrogen-bond acceptors (Lipinski definition) is 7. The summed E-state index contributed by atoms with van der Waals surface area (Å²) in [7, 11) is 0. The standard InChI is InChI=1S/C24H25N5O3/c1-24(2)31-19-18(6-4-14-3-5-15-7-9-26-12-16(15)11-14)30-23(20(19)32-24)29-10-8-17-21(25)27-13-28-22(17)29/h3,5,7-13,18-20,23H,4,6H2,1-2H3,(H2,25,27,28)/t18-,19?,20-,23-/m1/s1. The lowest BCUT2D eigenvalue weighted by Crippen LogP contribution is -2.29. The van der Waals surface area contributed by atoms with Crippen LogP contribution in [-0.4, -0.2) is 43.6 Å². The maximum atomic E-state index is 6.52. The molecule has 164 valence electrons. The first-order valence-electron chi connectivity index (χ1n) is 10.9. The molecule has 0 aliphatic carbocycles. The first kappa shape index (κ1) is 19.6. The van der Waals surface area contributed by atoms with E-state index < -0.39 is 5.79 Å². The molecular formula is C24H25N5O3. The van der Waals surface area contributed by atoms with Crippen molar-refractivity contribution in [2.45, 2.75) is 57.0 Å². The number of anilines is 1. The predicted molar refractivity (Wildman–Crippen MR) is 120 cm³/mol. The number of nitrogens with two attached hydrogens (primary N) is 1. The molecule has 4 atom stereocenters. The Morgan fingerprint density at radius 2 is 1.94 bits per heavy atom. The highest BCUT2D eigenvalue weighted by atomic mass is 16.8. The van der Waals surface area contributed by atoms with E-state index in [2.05, 4.69) is 33.2 Å². The normalized spacial score (nSPS) is 26.7. The summed E-state index contributed by atoms with van der Waals surface area (Å²) in [6.07, 6.45) is 7.97. The number of fused-ring (bicyclic) bond motifs is 3. The first-order valence-corrected chi connectivity index (χ1v) is 10.9. The quantitative estimate of drug-likeness (QED) is 0.527. The van der Waals surface area contributed by atoms with Crippen molar-refractivity contribution in [2.75, 3.05) is 5.73 Å². The summed E-state index contributed by atoms with van der Waals surface area (Å²) in [6.45, 7) is 3.90. The average molecular weight is 431 g/mol. The maximum absolute atomic E-state index is 6.52. The second-order valence-corrected chi connectivity index (χ2v) is 8.94. The topological polar surface area (TPSA) is 97.3 Å². The molecule has 2 N–H and O–H groups in total. The van der Waals surface area contributed by atoms with Gasteiger partial charge in [-0.1, -0.05) is 12.1 Å². The van der Waals surface area contributed by atoms with Crippen molar-refractivity contribution < 1.29 is 14.2 Å². The smallest absolute Gasteiger partial charge is 0.164 e. The van der Waals surface area contributed by atoms with Gasteiger partial charge in [0.05, 0.1) is 11.5 Å². The maximum Gasteiger partial charge on any atom is 0.164 e. The van der Waals surface area contributed by atoms with Crippen molar-refractivity contribution in [3.8, 4) is 0 Å². The van der Waals surface area contributed by atoms with Crippen LogP contribution in [0.2, 0.25) is 0 Å². The van der Waals surface area contributed by atoms with Gasteiger partial charge >= 0.3 is 0 Å². The van der Waals surface area contributed by atoms with Crippen LogP contribution in [0.5, 0.6) is 0 Å².